The van der Waals surface area contributed by atoms with Crippen molar-refractivity contribution in [1.82, 2.24) is 4.90 Å². The van der Waals surface area contributed by atoms with E-state index in [1.54, 1.807) is 29.5 Å². The molecule has 0 aliphatic heterocycles. The van der Waals surface area contributed by atoms with Crippen LogP contribution in [0, 0.1) is 5.92 Å². The molecule has 4 nitrogen and oxygen atoms in total. The Kier molecular flexibility index (Phi) is 4.86. The van der Waals surface area contributed by atoms with Crippen molar-refractivity contribution in [2.75, 3.05) is 12.8 Å². The summed E-state index contributed by atoms with van der Waals surface area (Å²) in [6.45, 7) is 2.14. The summed E-state index contributed by atoms with van der Waals surface area (Å²) in [7, 11) is -1.76. The van der Waals surface area contributed by atoms with E-state index in [0.717, 1.165) is 30.6 Å². The van der Waals surface area contributed by atoms with Crippen LogP contribution in [0.3, 0.4) is 0 Å². The molecule has 0 spiro atoms. The number of carbonyl (C=O) groups is 1. The van der Waals surface area contributed by atoms with Crippen LogP contribution >= 0.6 is 11.3 Å². The van der Waals surface area contributed by atoms with Crippen LogP contribution in [0.4, 0.5) is 0 Å². The molecule has 1 fully saturated rings. The SMILES string of the molecule is C[C@@H]1CCCC[C@@H]1N(C)C(=O)CS(=O)(=O)c1cccs1. The van der Waals surface area contributed by atoms with Gasteiger partial charge in [0.15, 0.2) is 9.84 Å². The molecule has 1 saturated carbocycles. The van der Waals surface area contributed by atoms with Crippen molar-refractivity contribution in [3.8, 4) is 0 Å². The molecule has 2 atom stereocenters. The largest absolute Gasteiger partial charge is 0.342 e. The Morgan fingerprint density at radius 1 is 1.40 bits per heavy atom. The van der Waals surface area contributed by atoms with E-state index in [-0.39, 0.29) is 16.2 Å². The summed E-state index contributed by atoms with van der Waals surface area (Å²) in [6.07, 6.45) is 4.40. The smallest absolute Gasteiger partial charge is 0.238 e. The van der Waals surface area contributed by atoms with E-state index in [4.69, 9.17) is 0 Å². The number of rotatable bonds is 4. The lowest BCUT2D eigenvalue weighted by Crippen LogP contribution is -2.44. The molecule has 0 aromatic carbocycles. The number of thiophene rings is 1. The third-order valence-corrected chi connectivity index (χ3v) is 7.16. The molecule has 0 unspecified atom stereocenters. The summed E-state index contributed by atoms with van der Waals surface area (Å²) in [5.74, 6) is -0.271. The second-order valence-corrected chi connectivity index (χ2v) is 8.69. The lowest BCUT2D eigenvalue weighted by Gasteiger charge is -2.36. The van der Waals surface area contributed by atoms with Crippen LogP contribution < -0.4 is 0 Å². The lowest BCUT2D eigenvalue weighted by atomic mass is 9.85. The molecule has 2 rings (SSSR count). The predicted octanol–water partition coefficient (Wildman–Crippen LogP) is 2.56. The summed E-state index contributed by atoms with van der Waals surface area (Å²) in [5, 5.41) is 1.71. The summed E-state index contributed by atoms with van der Waals surface area (Å²) >= 11 is 1.16. The Hall–Kier alpha value is -0.880. The van der Waals surface area contributed by atoms with Gasteiger partial charge in [-0.15, -0.1) is 11.3 Å². The zero-order chi connectivity index (χ0) is 14.8. The van der Waals surface area contributed by atoms with Crippen LogP contribution in [-0.2, 0) is 14.6 Å². The molecule has 1 aromatic rings. The fraction of sp³-hybridized carbons (Fsp3) is 0.643. The fourth-order valence-electron chi connectivity index (χ4n) is 2.83. The van der Waals surface area contributed by atoms with Crippen LogP contribution in [0.15, 0.2) is 21.7 Å². The maximum Gasteiger partial charge on any atom is 0.238 e. The van der Waals surface area contributed by atoms with E-state index < -0.39 is 15.6 Å². The van der Waals surface area contributed by atoms with E-state index >= 15 is 0 Å². The molecular formula is C14H21NO3S2. The van der Waals surface area contributed by atoms with Gasteiger partial charge in [-0.05, 0) is 30.2 Å². The maximum absolute atomic E-state index is 12.3. The Bertz CT molecular complexity index is 551. The van der Waals surface area contributed by atoms with Crippen LogP contribution in [0.1, 0.15) is 32.6 Å². The van der Waals surface area contributed by atoms with E-state index in [2.05, 4.69) is 6.92 Å². The van der Waals surface area contributed by atoms with Crippen LogP contribution in [-0.4, -0.2) is 38.1 Å². The van der Waals surface area contributed by atoms with Crippen molar-refractivity contribution < 1.29 is 13.2 Å². The van der Waals surface area contributed by atoms with Gasteiger partial charge in [0, 0.05) is 13.1 Å². The Balaban J connectivity index is 2.04. The summed E-state index contributed by atoms with van der Waals surface area (Å²) in [5.41, 5.74) is 0. The van der Waals surface area contributed by atoms with Gasteiger partial charge in [0.25, 0.3) is 0 Å². The summed E-state index contributed by atoms with van der Waals surface area (Å²) in [6, 6.07) is 3.42. The van der Waals surface area contributed by atoms with Crippen molar-refractivity contribution in [2.24, 2.45) is 5.92 Å². The zero-order valence-corrected chi connectivity index (χ0v) is 13.5. The minimum atomic E-state index is -3.49. The van der Waals surface area contributed by atoms with Crippen molar-refractivity contribution in [1.29, 1.82) is 0 Å². The monoisotopic (exact) mass is 315 g/mol. The summed E-state index contributed by atoms with van der Waals surface area (Å²) < 4.78 is 24.5. The average Bonchev–Trinajstić information content (AvgIpc) is 2.92. The second-order valence-electron chi connectivity index (χ2n) is 5.52. The van der Waals surface area contributed by atoms with E-state index in [1.165, 1.54) is 6.42 Å². The van der Waals surface area contributed by atoms with Gasteiger partial charge in [0.2, 0.25) is 5.91 Å². The molecule has 6 heteroatoms. The molecule has 1 aliphatic rings. The van der Waals surface area contributed by atoms with Crippen molar-refractivity contribution in [2.45, 2.75) is 42.9 Å². The van der Waals surface area contributed by atoms with Crippen LogP contribution in [0.5, 0.6) is 0 Å². The molecule has 0 N–H and O–H groups in total. The molecular weight excluding hydrogens is 294 g/mol. The standard InChI is InChI=1S/C14H21NO3S2/c1-11-6-3-4-7-12(11)15(2)13(16)10-20(17,18)14-8-5-9-19-14/h5,8-9,11-12H,3-4,6-7,10H2,1-2H3/t11-,12+/m1/s1. The van der Waals surface area contributed by atoms with Gasteiger partial charge < -0.3 is 4.90 Å². The zero-order valence-electron chi connectivity index (χ0n) is 11.9. The van der Waals surface area contributed by atoms with Crippen molar-refractivity contribution in [3.63, 3.8) is 0 Å². The fourth-order valence-corrected chi connectivity index (χ4v) is 5.17. The predicted molar refractivity (Wildman–Crippen MR) is 80.6 cm³/mol. The molecule has 1 heterocycles. The number of sulfone groups is 1. The van der Waals surface area contributed by atoms with Crippen LogP contribution in [0.25, 0.3) is 0 Å². The first-order valence-corrected chi connectivity index (χ1v) is 9.47. The number of carbonyl (C=O) groups excluding carboxylic acids is 1. The molecule has 1 amide bonds. The maximum atomic E-state index is 12.3. The third-order valence-electron chi connectivity index (χ3n) is 4.07. The van der Waals surface area contributed by atoms with Gasteiger partial charge >= 0.3 is 0 Å². The molecule has 20 heavy (non-hydrogen) atoms. The first-order chi connectivity index (χ1) is 9.42. The Labute approximate surface area is 124 Å². The molecule has 1 aromatic heterocycles. The van der Waals surface area contributed by atoms with Gasteiger partial charge in [-0.3, -0.25) is 4.79 Å². The van der Waals surface area contributed by atoms with Gasteiger partial charge in [-0.1, -0.05) is 25.8 Å². The number of hydrogen-bond acceptors (Lipinski definition) is 4. The van der Waals surface area contributed by atoms with Crippen molar-refractivity contribution >= 4 is 27.1 Å². The molecule has 0 saturated heterocycles. The lowest BCUT2D eigenvalue weighted by molar-refractivity contribution is -0.130. The normalized spacial score (nSPS) is 23.5. The number of hydrogen-bond donors (Lipinski definition) is 0. The van der Waals surface area contributed by atoms with Gasteiger partial charge in [0.05, 0.1) is 0 Å². The summed E-state index contributed by atoms with van der Waals surface area (Å²) in [4.78, 5) is 13.9. The highest BCUT2D eigenvalue weighted by Gasteiger charge is 2.30. The minimum Gasteiger partial charge on any atom is -0.342 e. The van der Waals surface area contributed by atoms with Gasteiger partial charge in [-0.2, -0.15) is 0 Å². The Morgan fingerprint density at radius 3 is 2.70 bits per heavy atom. The minimum absolute atomic E-state index is 0.176. The molecule has 112 valence electrons. The highest BCUT2D eigenvalue weighted by Crippen LogP contribution is 2.28. The average molecular weight is 315 g/mol. The number of nitrogens with zero attached hydrogens (tertiary/aromatic N) is 1. The van der Waals surface area contributed by atoms with Crippen LogP contribution in [0.2, 0.25) is 0 Å². The topological polar surface area (TPSA) is 54.5 Å². The van der Waals surface area contributed by atoms with E-state index in [9.17, 15) is 13.2 Å². The Morgan fingerprint density at radius 2 is 2.10 bits per heavy atom. The van der Waals surface area contributed by atoms with Gasteiger partial charge in [0.1, 0.15) is 9.96 Å². The third kappa shape index (κ3) is 3.41. The second kappa shape index (κ2) is 6.26. The quantitative estimate of drug-likeness (QED) is 0.858. The van der Waals surface area contributed by atoms with Gasteiger partial charge in [-0.25, -0.2) is 8.42 Å². The molecule has 0 bridgehead atoms. The van der Waals surface area contributed by atoms with E-state index in [1.807, 2.05) is 0 Å². The molecule has 1 aliphatic carbocycles. The van der Waals surface area contributed by atoms with Crippen molar-refractivity contribution in [3.05, 3.63) is 17.5 Å². The first kappa shape index (κ1) is 15.5. The highest BCUT2D eigenvalue weighted by atomic mass is 32.2. The van der Waals surface area contributed by atoms with E-state index in [0.29, 0.717) is 5.92 Å². The first-order valence-electron chi connectivity index (χ1n) is 6.94. The molecule has 0 radical (unpaired) electrons. The highest BCUT2D eigenvalue weighted by molar-refractivity contribution is 7.94. The number of amides is 1.